The second kappa shape index (κ2) is 12.0. The first kappa shape index (κ1) is 29.0. The summed E-state index contributed by atoms with van der Waals surface area (Å²) in [7, 11) is 0. The summed E-state index contributed by atoms with van der Waals surface area (Å²) >= 11 is 0. The van der Waals surface area contributed by atoms with E-state index in [2.05, 4.69) is 5.32 Å². The smallest absolute Gasteiger partial charge is 0.417 e. The van der Waals surface area contributed by atoms with Gasteiger partial charge in [0.2, 0.25) is 0 Å². The summed E-state index contributed by atoms with van der Waals surface area (Å²) < 4.78 is 10.8. The number of esters is 1. The van der Waals surface area contributed by atoms with Crippen molar-refractivity contribution >= 4 is 18.0 Å². The number of amides is 2. The average molecular weight is 545 g/mol. The van der Waals surface area contributed by atoms with Crippen molar-refractivity contribution in [3.05, 3.63) is 107 Å². The van der Waals surface area contributed by atoms with Crippen molar-refractivity contribution in [3.8, 4) is 0 Å². The molecule has 0 unspecified atom stereocenters. The Bertz CT molecular complexity index is 1320. The standard InChI is InChI=1S/C32H36N2O6/c1-22(35)32(19-23-11-7-5-8-12-23,29(37)34-27(21-39-30(34)38)25-13-9-6-10-14-25)33-20-24-15-17-26(18-16-24)28(36)40-31(2,3)4/h5-18,22,27,33,35H,19-21H2,1-4H3/t22-,27+,32+/m0/s1. The average Bonchev–Trinajstić information content (AvgIpc) is 3.32. The van der Waals surface area contributed by atoms with Crippen molar-refractivity contribution in [3.63, 3.8) is 0 Å². The van der Waals surface area contributed by atoms with Crippen LogP contribution in [0.1, 0.15) is 60.8 Å². The Morgan fingerprint density at radius 1 is 0.975 bits per heavy atom. The summed E-state index contributed by atoms with van der Waals surface area (Å²) in [6.45, 7) is 7.18. The number of nitrogens with one attached hydrogen (secondary N) is 1. The molecule has 2 N–H and O–H groups in total. The molecular formula is C32H36N2O6. The van der Waals surface area contributed by atoms with Gasteiger partial charge in [-0.3, -0.25) is 10.1 Å². The monoisotopic (exact) mass is 544 g/mol. The Hall–Kier alpha value is -4.01. The van der Waals surface area contributed by atoms with Crippen molar-refractivity contribution in [1.29, 1.82) is 0 Å². The molecule has 3 aromatic rings. The Morgan fingerprint density at radius 2 is 1.57 bits per heavy atom. The highest BCUT2D eigenvalue weighted by Crippen LogP contribution is 2.33. The summed E-state index contributed by atoms with van der Waals surface area (Å²) in [5.74, 6) is -1.00. The molecule has 0 aromatic heterocycles. The van der Waals surface area contributed by atoms with Gasteiger partial charge in [0, 0.05) is 13.0 Å². The van der Waals surface area contributed by atoms with Crippen LogP contribution in [0, 0.1) is 0 Å². The van der Waals surface area contributed by atoms with Gasteiger partial charge in [-0.1, -0.05) is 72.8 Å². The van der Waals surface area contributed by atoms with Crippen LogP contribution in [0.5, 0.6) is 0 Å². The quantitative estimate of drug-likeness (QED) is 0.372. The third kappa shape index (κ3) is 6.58. The van der Waals surface area contributed by atoms with Gasteiger partial charge in [0.05, 0.1) is 11.7 Å². The van der Waals surface area contributed by atoms with Crippen molar-refractivity contribution in [2.75, 3.05) is 6.61 Å². The Balaban J connectivity index is 1.65. The minimum Gasteiger partial charge on any atom is -0.456 e. The van der Waals surface area contributed by atoms with Gasteiger partial charge in [-0.25, -0.2) is 14.5 Å². The Labute approximate surface area is 234 Å². The molecule has 8 nitrogen and oxygen atoms in total. The van der Waals surface area contributed by atoms with Gasteiger partial charge in [-0.15, -0.1) is 0 Å². The van der Waals surface area contributed by atoms with Crippen molar-refractivity contribution < 1.29 is 29.0 Å². The van der Waals surface area contributed by atoms with Crippen LogP contribution in [-0.4, -0.2) is 51.8 Å². The molecule has 2 amide bonds. The van der Waals surface area contributed by atoms with E-state index in [9.17, 15) is 19.5 Å². The number of carbonyl (C=O) groups is 3. The summed E-state index contributed by atoms with van der Waals surface area (Å²) in [5, 5.41) is 14.5. The van der Waals surface area contributed by atoms with Crippen LogP contribution in [0.2, 0.25) is 0 Å². The number of rotatable bonds is 9. The number of carbonyl (C=O) groups excluding carboxylic acids is 3. The molecule has 0 spiro atoms. The summed E-state index contributed by atoms with van der Waals surface area (Å²) in [4.78, 5) is 40.8. The van der Waals surface area contributed by atoms with Gasteiger partial charge >= 0.3 is 12.1 Å². The minimum absolute atomic E-state index is 0.0297. The van der Waals surface area contributed by atoms with Gasteiger partial charge in [0.25, 0.3) is 5.91 Å². The predicted octanol–water partition coefficient (Wildman–Crippen LogP) is 4.81. The highest BCUT2D eigenvalue weighted by Gasteiger charge is 2.51. The molecule has 40 heavy (non-hydrogen) atoms. The van der Waals surface area contributed by atoms with E-state index >= 15 is 0 Å². The molecule has 1 saturated heterocycles. The Kier molecular flexibility index (Phi) is 8.71. The first-order valence-electron chi connectivity index (χ1n) is 13.3. The molecule has 3 aromatic carbocycles. The fourth-order valence-corrected chi connectivity index (χ4v) is 4.74. The number of imide groups is 1. The number of aliphatic hydroxyl groups is 1. The second-order valence-electron chi connectivity index (χ2n) is 11.0. The lowest BCUT2D eigenvalue weighted by Crippen LogP contribution is -2.65. The largest absolute Gasteiger partial charge is 0.456 e. The molecule has 1 heterocycles. The van der Waals surface area contributed by atoms with E-state index in [1.165, 1.54) is 0 Å². The molecule has 8 heteroatoms. The minimum atomic E-state index is -1.55. The highest BCUT2D eigenvalue weighted by molar-refractivity contribution is 5.99. The molecule has 1 aliphatic heterocycles. The molecule has 3 atom stereocenters. The molecule has 1 aliphatic rings. The lowest BCUT2D eigenvalue weighted by atomic mass is 9.83. The van der Waals surface area contributed by atoms with Gasteiger partial charge < -0.3 is 14.6 Å². The van der Waals surface area contributed by atoms with Crippen molar-refractivity contribution in [2.24, 2.45) is 0 Å². The van der Waals surface area contributed by atoms with Crippen LogP contribution in [0.3, 0.4) is 0 Å². The molecule has 0 bridgehead atoms. The predicted molar refractivity (Wildman–Crippen MR) is 150 cm³/mol. The van der Waals surface area contributed by atoms with Crippen molar-refractivity contribution in [1.82, 2.24) is 10.2 Å². The fraction of sp³-hybridized carbons (Fsp3) is 0.344. The first-order valence-corrected chi connectivity index (χ1v) is 13.3. The van der Waals surface area contributed by atoms with E-state index in [1.54, 1.807) is 52.0 Å². The number of aliphatic hydroxyl groups excluding tert-OH is 1. The fourth-order valence-electron chi connectivity index (χ4n) is 4.74. The zero-order chi connectivity index (χ0) is 28.9. The maximum Gasteiger partial charge on any atom is 0.417 e. The SMILES string of the molecule is C[C@H](O)[C@@](Cc1ccccc1)(NCc1ccc(C(=O)OC(C)(C)C)cc1)C(=O)N1C(=O)OC[C@@H]1c1ccccc1. The maximum atomic E-state index is 14.3. The third-order valence-corrected chi connectivity index (χ3v) is 6.89. The summed E-state index contributed by atoms with van der Waals surface area (Å²) in [6, 6.07) is 24.8. The zero-order valence-corrected chi connectivity index (χ0v) is 23.3. The molecule has 210 valence electrons. The van der Waals surface area contributed by atoms with Gasteiger partial charge in [0.15, 0.2) is 0 Å². The van der Waals surface area contributed by atoms with E-state index in [4.69, 9.17) is 9.47 Å². The van der Waals surface area contributed by atoms with Crippen LogP contribution in [-0.2, 0) is 27.2 Å². The molecular weight excluding hydrogens is 508 g/mol. The van der Waals surface area contributed by atoms with Gasteiger partial charge in [-0.05, 0) is 56.5 Å². The molecule has 4 rings (SSSR count). The number of benzene rings is 3. The molecule has 0 radical (unpaired) electrons. The highest BCUT2D eigenvalue weighted by atomic mass is 16.6. The Morgan fingerprint density at radius 3 is 2.15 bits per heavy atom. The van der Waals surface area contributed by atoms with E-state index in [1.807, 2.05) is 60.7 Å². The summed E-state index contributed by atoms with van der Waals surface area (Å²) in [5.41, 5.74) is 0.599. The molecule has 0 aliphatic carbocycles. The zero-order valence-electron chi connectivity index (χ0n) is 23.3. The number of nitrogens with zero attached hydrogens (tertiary/aromatic N) is 1. The normalized spacial score (nSPS) is 17.6. The topological polar surface area (TPSA) is 105 Å². The van der Waals surface area contributed by atoms with Crippen LogP contribution < -0.4 is 5.32 Å². The van der Waals surface area contributed by atoms with E-state index in [-0.39, 0.29) is 19.6 Å². The number of cyclic esters (lactones) is 1. The van der Waals surface area contributed by atoms with Crippen LogP contribution in [0.25, 0.3) is 0 Å². The molecule has 0 saturated carbocycles. The number of ether oxygens (including phenoxy) is 2. The van der Waals surface area contributed by atoms with E-state index < -0.39 is 41.3 Å². The van der Waals surface area contributed by atoms with Crippen LogP contribution in [0.15, 0.2) is 84.9 Å². The third-order valence-electron chi connectivity index (χ3n) is 6.89. The summed E-state index contributed by atoms with van der Waals surface area (Å²) in [6.07, 6.45) is -1.79. The van der Waals surface area contributed by atoms with Gasteiger partial charge in [0.1, 0.15) is 23.8 Å². The lowest BCUT2D eigenvalue weighted by molar-refractivity contribution is -0.141. The number of hydrogen-bond donors (Lipinski definition) is 2. The van der Waals surface area contributed by atoms with Crippen molar-refractivity contribution in [2.45, 2.75) is 63.9 Å². The first-order chi connectivity index (χ1) is 19.0. The number of hydrogen-bond acceptors (Lipinski definition) is 7. The van der Waals surface area contributed by atoms with Crippen LogP contribution in [0.4, 0.5) is 4.79 Å². The maximum absolute atomic E-state index is 14.3. The van der Waals surface area contributed by atoms with Crippen LogP contribution >= 0.6 is 0 Å². The van der Waals surface area contributed by atoms with Gasteiger partial charge in [-0.2, -0.15) is 0 Å². The lowest BCUT2D eigenvalue weighted by Gasteiger charge is -2.39. The van der Waals surface area contributed by atoms with E-state index in [0.29, 0.717) is 5.56 Å². The second-order valence-corrected chi connectivity index (χ2v) is 11.0. The van der Waals surface area contributed by atoms with E-state index in [0.717, 1.165) is 21.6 Å². The molecule has 1 fully saturated rings.